The van der Waals surface area contributed by atoms with Gasteiger partial charge in [-0.1, -0.05) is 0 Å². The number of carbonyl (C=O) groups is 1. The van der Waals surface area contributed by atoms with E-state index >= 15 is 0 Å². The Morgan fingerprint density at radius 2 is 2.00 bits per heavy atom. The van der Waals surface area contributed by atoms with Crippen LogP contribution in [0.4, 0.5) is 0 Å². The lowest BCUT2D eigenvalue weighted by Crippen LogP contribution is -2.37. The lowest BCUT2D eigenvalue weighted by Gasteiger charge is -2.11. The number of carbonyl (C=O) groups excluding carboxylic acids is 1. The van der Waals surface area contributed by atoms with E-state index < -0.39 is 0 Å². The average molecular weight is 306 g/mol. The molecule has 0 radical (unpaired) electrons. The van der Waals surface area contributed by atoms with Gasteiger partial charge in [-0.05, 0) is 57.0 Å². The van der Waals surface area contributed by atoms with Crippen molar-refractivity contribution in [3.63, 3.8) is 0 Å². The van der Waals surface area contributed by atoms with Gasteiger partial charge in [0, 0.05) is 19.0 Å². The van der Waals surface area contributed by atoms with E-state index in [0.29, 0.717) is 25.7 Å². The van der Waals surface area contributed by atoms with Gasteiger partial charge in [-0.25, -0.2) is 0 Å². The zero-order valence-corrected chi connectivity index (χ0v) is 13.3. The third-order valence-electron chi connectivity index (χ3n) is 3.66. The largest absolute Gasteiger partial charge is 0.494 e. The Balaban J connectivity index is 1.55. The Hall–Kier alpha value is -1.75. The van der Waals surface area contributed by atoms with Gasteiger partial charge < -0.3 is 20.1 Å². The van der Waals surface area contributed by atoms with Crippen molar-refractivity contribution < 1.29 is 14.3 Å². The minimum absolute atomic E-state index is 0.101. The topological polar surface area (TPSA) is 59.6 Å². The lowest BCUT2D eigenvalue weighted by molar-refractivity contribution is -0.121. The molecule has 0 aromatic heterocycles. The molecule has 1 unspecified atom stereocenters. The maximum Gasteiger partial charge on any atom is 0.220 e. The molecular weight excluding hydrogens is 280 g/mol. The maximum absolute atomic E-state index is 11.7. The van der Waals surface area contributed by atoms with Crippen molar-refractivity contribution >= 4 is 5.91 Å². The zero-order valence-electron chi connectivity index (χ0n) is 13.3. The molecule has 0 saturated carbocycles. The molecule has 0 aliphatic carbocycles. The van der Waals surface area contributed by atoms with E-state index in [4.69, 9.17) is 9.47 Å². The standard InChI is InChI=1S/C17H26N2O3/c1-2-21-15-7-9-16(10-8-15)22-12-4-6-17(20)19-13-14-5-3-11-18-14/h7-10,14,18H,2-6,11-13H2,1H3,(H,19,20). The first kappa shape index (κ1) is 16.6. The third kappa shape index (κ3) is 5.93. The van der Waals surface area contributed by atoms with E-state index in [1.807, 2.05) is 31.2 Å². The van der Waals surface area contributed by atoms with E-state index in [9.17, 15) is 4.79 Å². The Labute approximate surface area is 132 Å². The normalized spacial score (nSPS) is 17.2. The molecule has 0 bridgehead atoms. The Bertz CT molecular complexity index is 442. The number of hydrogen-bond donors (Lipinski definition) is 2. The summed E-state index contributed by atoms with van der Waals surface area (Å²) in [6, 6.07) is 8.00. The predicted octanol–water partition coefficient (Wildman–Crippen LogP) is 2.11. The highest BCUT2D eigenvalue weighted by molar-refractivity contribution is 5.75. The molecule has 0 spiro atoms. The van der Waals surface area contributed by atoms with Crippen LogP contribution in [0.5, 0.6) is 11.5 Å². The highest BCUT2D eigenvalue weighted by Gasteiger charge is 2.14. The van der Waals surface area contributed by atoms with Crippen molar-refractivity contribution in [2.24, 2.45) is 0 Å². The molecule has 1 saturated heterocycles. The van der Waals surface area contributed by atoms with Gasteiger partial charge >= 0.3 is 0 Å². The van der Waals surface area contributed by atoms with Crippen LogP contribution >= 0.6 is 0 Å². The molecule has 2 rings (SSSR count). The number of nitrogens with one attached hydrogen (secondary N) is 2. The van der Waals surface area contributed by atoms with Crippen molar-refractivity contribution in [3.05, 3.63) is 24.3 Å². The number of benzene rings is 1. The van der Waals surface area contributed by atoms with Gasteiger partial charge in [0.1, 0.15) is 11.5 Å². The van der Waals surface area contributed by atoms with Gasteiger partial charge in [0.05, 0.1) is 13.2 Å². The SMILES string of the molecule is CCOc1ccc(OCCCC(=O)NCC2CCCN2)cc1. The van der Waals surface area contributed by atoms with Crippen LogP contribution in [-0.4, -0.2) is 38.3 Å². The second-order valence-corrected chi connectivity index (χ2v) is 5.45. The molecule has 122 valence electrons. The fourth-order valence-corrected chi connectivity index (χ4v) is 2.48. The van der Waals surface area contributed by atoms with Gasteiger partial charge in [-0.3, -0.25) is 4.79 Å². The van der Waals surface area contributed by atoms with E-state index in [2.05, 4.69) is 10.6 Å². The first-order valence-corrected chi connectivity index (χ1v) is 8.13. The summed E-state index contributed by atoms with van der Waals surface area (Å²) in [7, 11) is 0. The molecule has 1 aromatic rings. The van der Waals surface area contributed by atoms with Crippen LogP contribution in [0.3, 0.4) is 0 Å². The van der Waals surface area contributed by atoms with Gasteiger partial charge in [-0.2, -0.15) is 0 Å². The molecule has 1 aromatic carbocycles. The van der Waals surface area contributed by atoms with Crippen molar-refractivity contribution in [1.82, 2.24) is 10.6 Å². The second-order valence-electron chi connectivity index (χ2n) is 5.45. The van der Waals surface area contributed by atoms with Gasteiger partial charge in [0.2, 0.25) is 5.91 Å². The molecule has 1 aliphatic heterocycles. The third-order valence-corrected chi connectivity index (χ3v) is 3.66. The smallest absolute Gasteiger partial charge is 0.220 e. The maximum atomic E-state index is 11.7. The summed E-state index contributed by atoms with van der Waals surface area (Å²) >= 11 is 0. The first-order valence-electron chi connectivity index (χ1n) is 8.13. The van der Waals surface area contributed by atoms with E-state index in [-0.39, 0.29) is 5.91 Å². The quantitative estimate of drug-likeness (QED) is 0.686. The number of amides is 1. The van der Waals surface area contributed by atoms with Crippen LogP contribution in [0.15, 0.2) is 24.3 Å². The summed E-state index contributed by atoms with van der Waals surface area (Å²) < 4.78 is 11.0. The van der Waals surface area contributed by atoms with Gasteiger partial charge in [-0.15, -0.1) is 0 Å². The molecular formula is C17H26N2O3. The van der Waals surface area contributed by atoms with Crippen molar-refractivity contribution in [2.75, 3.05) is 26.3 Å². The van der Waals surface area contributed by atoms with Crippen molar-refractivity contribution in [2.45, 2.75) is 38.6 Å². The summed E-state index contributed by atoms with van der Waals surface area (Å²) in [5.41, 5.74) is 0. The number of rotatable bonds is 9. The minimum Gasteiger partial charge on any atom is -0.494 e. The van der Waals surface area contributed by atoms with Crippen LogP contribution < -0.4 is 20.1 Å². The molecule has 22 heavy (non-hydrogen) atoms. The van der Waals surface area contributed by atoms with Crippen LogP contribution in [0.25, 0.3) is 0 Å². The highest BCUT2D eigenvalue weighted by atomic mass is 16.5. The monoisotopic (exact) mass is 306 g/mol. The van der Waals surface area contributed by atoms with Gasteiger partial charge in [0.15, 0.2) is 0 Å². The van der Waals surface area contributed by atoms with Crippen LogP contribution in [0.2, 0.25) is 0 Å². The van der Waals surface area contributed by atoms with Crippen LogP contribution in [-0.2, 0) is 4.79 Å². The second kappa shape index (κ2) is 9.30. The Morgan fingerprint density at radius 3 is 2.64 bits per heavy atom. The minimum atomic E-state index is 0.101. The molecule has 1 fully saturated rings. The average Bonchev–Trinajstić information content (AvgIpc) is 3.05. The highest BCUT2D eigenvalue weighted by Crippen LogP contribution is 2.17. The molecule has 5 heteroatoms. The van der Waals surface area contributed by atoms with E-state index in [0.717, 1.165) is 37.4 Å². The summed E-state index contributed by atoms with van der Waals surface area (Å²) in [5, 5.41) is 6.34. The summed E-state index contributed by atoms with van der Waals surface area (Å²) in [6.07, 6.45) is 3.58. The fraction of sp³-hybridized carbons (Fsp3) is 0.588. The number of hydrogen-bond acceptors (Lipinski definition) is 4. The van der Waals surface area contributed by atoms with Crippen LogP contribution in [0, 0.1) is 0 Å². The van der Waals surface area contributed by atoms with Crippen LogP contribution in [0.1, 0.15) is 32.6 Å². The Kier molecular flexibility index (Phi) is 7.03. The Morgan fingerprint density at radius 1 is 1.27 bits per heavy atom. The molecule has 1 aliphatic rings. The molecule has 1 atom stereocenters. The van der Waals surface area contributed by atoms with E-state index in [1.54, 1.807) is 0 Å². The van der Waals surface area contributed by atoms with Gasteiger partial charge in [0.25, 0.3) is 0 Å². The summed E-state index contributed by atoms with van der Waals surface area (Å²) in [4.78, 5) is 11.7. The fourth-order valence-electron chi connectivity index (χ4n) is 2.48. The van der Waals surface area contributed by atoms with Crippen molar-refractivity contribution in [3.8, 4) is 11.5 Å². The molecule has 1 amide bonds. The zero-order chi connectivity index (χ0) is 15.6. The van der Waals surface area contributed by atoms with E-state index in [1.165, 1.54) is 6.42 Å². The summed E-state index contributed by atoms with van der Waals surface area (Å²) in [6.45, 7) is 4.96. The molecule has 1 heterocycles. The predicted molar refractivity (Wildman–Crippen MR) is 86.4 cm³/mol. The molecule has 5 nitrogen and oxygen atoms in total. The lowest BCUT2D eigenvalue weighted by atomic mass is 10.2. The summed E-state index contributed by atoms with van der Waals surface area (Å²) in [5.74, 6) is 1.75. The molecule has 2 N–H and O–H groups in total. The number of ether oxygens (including phenoxy) is 2. The van der Waals surface area contributed by atoms with Crippen molar-refractivity contribution in [1.29, 1.82) is 0 Å². The first-order chi connectivity index (χ1) is 10.8.